The second kappa shape index (κ2) is 7.36. The molecule has 5 heteroatoms. The number of anilines is 2. The first kappa shape index (κ1) is 16.9. The molecule has 0 saturated heterocycles. The van der Waals surface area contributed by atoms with Crippen molar-refractivity contribution in [2.45, 2.75) is 51.5 Å². The van der Waals surface area contributed by atoms with E-state index in [1.165, 1.54) is 25.7 Å². The van der Waals surface area contributed by atoms with Crippen LogP contribution in [-0.4, -0.2) is 16.9 Å². The highest BCUT2D eigenvalue weighted by Gasteiger charge is 2.32. The molecule has 26 heavy (non-hydrogen) atoms. The fourth-order valence-corrected chi connectivity index (χ4v) is 3.98. The summed E-state index contributed by atoms with van der Waals surface area (Å²) in [4.78, 5) is 18.9. The van der Waals surface area contributed by atoms with Gasteiger partial charge in [0.2, 0.25) is 5.91 Å². The Labute approximate surface area is 154 Å². The molecule has 1 aliphatic carbocycles. The van der Waals surface area contributed by atoms with Gasteiger partial charge in [-0.2, -0.15) is 0 Å². The summed E-state index contributed by atoms with van der Waals surface area (Å²) in [5.41, 5.74) is 1.10. The van der Waals surface area contributed by atoms with Crippen molar-refractivity contribution < 1.29 is 9.21 Å². The number of hydrogen-bond acceptors (Lipinski definition) is 4. The average molecular weight is 351 g/mol. The molecular weight excluding hydrogens is 326 g/mol. The predicted octanol–water partition coefficient (Wildman–Crippen LogP) is 4.45. The van der Waals surface area contributed by atoms with E-state index >= 15 is 0 Å². The predicted molar refractivity (Wildman–Crippen MR) is 102 cm³/mol. The smallest absolute Gasteiger partial charge is 0.225 e. The van der Waals surface area contributed by atoms with E-state index in [4.69, 9.17) is 4.42 Å². The van der Waals surface area contributed by atoms with Gasteiger partial charge in [0.05, 0.1) is 11.9 Å². The fourth-order valence-electron chi connectivity index (χ4n) is 3.98. The van der Waals surface area contributed by atoms with Crippen LogP contribution in [0.4, 0.5) is 11.5 Å². The Hall–Kier alpha value is -2.56. The Morgan fingerprint density at radius 2 is 2.15 bits per heavy atom. The first-order valence-electron chi connectivity index (χ1n) is 9.47. The van der Waals surface area contributed by atoms with Crippen molar-refractivity contribution in [1.29, 1.82) is 0 Å². The topological polar surface area (TPSA) is 58.4 Å². The summed E-state index contributed by atoms with van der Waals surface area (Å²) in [6.07, 6.45) is 12.5. The molecular formula is C21H25N3O2. The van der Waals surface area contributed by atoms with Crippen molar-refractivity contribution in [3.8, 4) is 0 Å². The molecule has 2 unspecified atom stereocenters. The lowest BCUT2D eigenvalue weighted by atomic mass is 9.86. The number of amides is 1. The zero-order chi connectivity index (χ0) is 17.9. The lowest BCUT2D eigenvalue weighted by Gasteiger charge is -2.33. The second-order valence-electron chi connectivity index (χ2n) is 7.23. The third-order valence-electron chi connectivity index (χ3n) is 5.34. The number of aromatic nitrogens is 1. The standard InChI is InChI=1S/C21H25N3O2/c1-15-6-8-18(26-15)9-11-21(25)23-20-10-7-17(14-22-20)24-13-12-16-4-2-3-5-19(16)24/h6-8,10,12-14,16,19H,2-5,9,11H2,1H3,(H,22,23,25). The lowest BCUT2D eigenvalue weighted by Crippen LogP contribution is -2.34. The van der Waals surface area contributed by atoms with Gasteiger partial charge in [-0.25, -0.2) is 4.98 Å². The molecule has 4 rings (SSSR count). The zero-order valence-corrected chi connectivity index (χ0v) is 15.1. The number of aryl methyl sites for hydroxylation is 2. The van der Waals surface area contributed by atoms with Gasteiger partial charge in [-0.15, -0.1) is 0 Å². The van der Waals surface area contributed by atoms with Crippen molar-refractivity contribution in [2.75, 3.05) is 10.2 Å². The largest absolute Gasteiger partial charge is 0.466 e. The van der Waals surface area contributed by atoms with Gasteiger partial charge in [0.25, 0.3) is 0 Å². The van der Waals surface area contributed by atoms with Crippen LogP contribution in [-0.2, 0) is 11.2 Å². The Morgan fingerprint density at radius 3 is 2.92 bits per heavy atom. The van der Waals surface area contributed by atoms with E-state index in [0.29, 0.717) is 30.6 Å². The van der Waals surface area contributed by atoms with Gasteiger partial charge in [-0.3, -0.25) is 4.79 Å². The Morgan fingerprint density at radius 1 is 1.27 bits per heavy atom. The van der Waals surface area contributed by atoms with Crippen LogP contribution < -0.4 is 10.2 Å². The number of nitrogens with one attached hydrogen (secondary N) is 1. The lowest BCUT2D eigenvalue weighted by molar-refractivity contribution is -0.116. The maximum Gasteiger partial charge on any atom is 0.225 e. The summed E-state index contributed by atoms with van der Waals surface area (Å²) in [5.74, 6) is 2.93. The van der Waals surface area contributed by atoms with Crippen LogP contribution in [0.2, 0.25) is 0 Å². The first-order chi connectivity index (χ1) is 12.7. The fraction of sp³-hybridized carbons (Fsp3) is 0.429. The molecule has 5 nitrogen and oxygen atoms in total. The minimum Gasteiger partial charge on any atom is -0.466 e. The highest BCUT2D eigenvalue weighted by atomic mass is 16.3. The van der Waals surface area contributed by atoms with Crippen LogP contribution in [0, 0.1) is 12.8 Å². The zero-order valence-electron chi connectivity index (χ0n) is 15.1. The summed E-state index contributed by atoms with van der Waals surface area (Å²) in [5, 5.41) is 2.86. The van der Waals surface area contributed by atoms with Gasteiger partial charge in [-0.05, 0) is 49.9 Å². The van der Waals surface area contributed by atoms with Crippen LogP contribution >= 0.6 is 0 Å². The molecule has 0 radical (unpaired) electrons. The molecule has 136 valence electrons. The number of pyridine rings is 1. The highest BCUT2D eigenvalue weighted by molar-refractivity contribution is 5.89. The molecule has 0 spiro atoms. The van der Waals surface area contributed by atoms with E-state index in [9.17, 15) is 4.79 Å². The summed E-state index contributed by atoms with van der Waals surface area (Å²) in [7, 11) is 0. The number of fused-ring (bicyclic) bond motifs is 1. The minimum atomic E-state index is -0.0484. The molecule has 2 atom stereocenters. The van der Waals surface area contributed by atoms with Crippen molar-refractivity contribution in [2.24, 2.45) is 5.92 Å². The number of carbonyl (C=O) groups is 1. The highest BCUT2D eigenvalue weighted by Crippen LogP contribution is 2.36. The third kappa shape index (κ3) is 3.66. The van der Waals surface area contributed by atoms with E-state index in [2.05, 4.69) is 27.5 Å². The molecule has 1 amide bonds. The second-order valence-corrected chi connectivity index (χ2v) is 7.23. The Bertz CT molecular complexity index is 794. The van der Waals surface area contributed by atoms with Gasteiger partial charge in [0, 0.05) is 25.1 Å². The normalized spacial score (nSPS) is 21.7. The molecule has 1 aliphatic heterocycles. The van der Waals surface area contributed by atoms with Crippen molar-refractivity contribution in [3.63, 3.8) is 0 Å². The van der Waals surface area contributed by atoms with E-state index in [0.717, 1.165) is 17.2 Å². The minimum absolute atomic E-state index is 0.0484. The van der Waals surface area contributed by atoms with Crippen LogP contribution in [0.3, 0.4) is 0 Å². The Kier molecular flexibility index (Phi) is 4.78. The summed E-state index contributed by atoms with van der Waals surface area (Å²) >= 11 is 0. The number of hydrogen-bond donors (Lipinski definition) is 1. The van der Waals surface area contributed by atoms with Gasteiger partial charge >= 0.3 is 0 Å². The molecule has 1 N–H and O–H groups in total. The molecule has 2 aromatic heterocycles. The van der Waals surface area contributed by atoms with E-state index < -0.39 is 0 Å². The van der Waals surface area contributed by atoms with Gasteiger partial charge in [0.1, 0.15) is 17.3 Å². The van der Waals surface area contributed by atoms with Gasteiger partial charge in [-0.1, -0.05) is 18.9 Å². The maximum atomic E-state index is 12.1. The summed E-state index contributed by atoms with van der Waals surface area (Å²) < 4.78 is 5.49. The van der Waals surface area contributed by atoms with Crippen molar-refractivity contribution >= 4 is 17.4 Å². The van der Waals surface area contributed by atoms with Crippen LogP contribution in [0.25, 0.3) is 0 Å². The molecule has 2 aliphatic rings. The number of nitrogens with zero attached hydrogens (tertiary/aromatic N) is 2. The molecule has 1 saturated carbocycles. The van der Waals surface area contributed by atoms with Crippen LogP contribution in [0.1, 0.15) is 43.6 Å². The molecule has 2 aromatic rings. The Balaban J connectivity index is 1.32. The summed E-state index contributed by atoms with van der Waals surface area (Å²) in [6, 6.07) is 8.32. The third-order valence-corrected chi connectivity index (χ3v) is 5.34. The van der Waals surface area contributed by atoms with Crippen LogP contribution in [0.5, 0.6) is 0 Å². The van der Waals surface area contributed by atoms with Gasteiger partial charge in [0.15, 0.2) is 0 Å². The van der Waals surface area contributed by atoms with E-state index in [1.54, 1.807) is 0 Å². The summed E-state index contributed by atoms with van der Waals surface area (Å²) in [6.45, 7) is 1.90. The number of carbonyl (C=O) groups excluding carboxylic acids is 1. The molecule has 0 aromatic carbocycles. The maximum absolute atomic E-state index is 12.1. The van der Waals surface area contributed by atoms with Crippen molar-refractivity contribution in [3.05, 3.63) is 54.3 Å². The average Bonchev–Trinajstić information content (AvgIpc) is 3.27. The SMILES string of the molecule is Cc1ccc(CCC(=O)Nc2ccc(N3C=CC4CCCCC43)cn2)o1. The monoisotopic (exact) mass is 351 g/mol. The molecule has 0 bridgehead atoms. The molecule has 3 heterocycles. The molecule has 1 fully saturated rings. The van der Waals surface area contributed by atoms with Crippen LogP contribution in [0.15, 0.2) is 47.2 Å². The quantitative estimate of drug-likeness (QED) is 0.865. The van der Waals surface area contributed by atoms with Gasteiger partial charge < -0.3 is 14.6 Å². The van der Waals surface area contributed by atoms with Crippen molar-refractivity contribution in [1.82, 2.24) is 4.98 Å². The van der Waals surface area contributed by atoms with E-state index in [-0.39, 0.29) is 5.91 Å². The number of rotatable bonds is 5. The van der Waals surface area contributed by atoms with E-state index in [1.807, 2.05) is 37.4 Å². The number of furan rings is 1. The first-order valence-corrected chi connectivity index (χ1v) is 9.47.